The highest BCUT2D eigenvalue weighted by atomic mass is 31.2. The Kier molecular flexibility index (Phi) is 5.43. The fraction of sp³-hybridized carbons (Fsp3) is 1.00. The van der Waals surface area contributed by atoms with Gasteiger partial charge in [-0.15, -0.1) is 0 Å². The van der Waals surface area contributed by atoms with Gasteiger partial charge < -0.3 is 8.43 Å². The Hall–Kier alpha value is 0.544. The first kappa shape index (κ1) is 16.6. The van der Waals surface area contributed by atoms with Crippen molar-refractivity contribution in [2.24, 2.45) is 0 Å². The lowest BCUT2D eigenvalue weighted by molar-refractivity contribution is 0.253. The fourth-order valence-corrected chi connectivity index (χ4v) is 9.67. The molecule has 0 aromatic rings. The van der Waals surface area contributed by atoms with Crippen LogP contribution in [-0.2, 0) is 13.0 Å². The largest absolute Gasteiger partial charge is 0.388 e. The van der Waals surface area contributed by atoms with E-state index in [2.05, 4.69) is 39.3 Å². The predicted octanol–water partition coefficient (Wildman–Crippen LogP) is 4.28. The zero-order valence-electron chi connectivity index (χ0n) is 12.7. The topological polar surface area (TPSA) is 38.8 Å². The van der Waals surface area contributed by atoms with Crippen molar-refractivity contribution >= 4 is 24.4 Å². The third kappa shape index (κ3) is 5.67. The van der Waals surface area contributed by atoms with Crippen molar-refractivity contribution in [3.8, 4) is 0 Å². The van der Waals surface area contributed by atoms with E-state index in [4.69, 9.17) is 8.43 Å². The van der Waals surface area contributed by atoms with Crippen LogP contribution in [0.4, 0.5) is 0 Å². The van der Waals surface area contributed by atoms with Crippen molar-refractivity contribution in [3.05, 3.63) is 0 Å². The highest BCUT2D eigenvalue weighted by molar-refractivity contribution is 7.54. The number of nitrogens with zero attached hydrogens (tertiary/aromatic N) is 1. The second-order valence-corrected chi connectivity index (χ2v) is 18.3. The highest BCUT2D eigenvalue weighted by Gasteiger charge is 2.42. The molecule has 7 heteroatoms. The molecule has 0 aromatic heterocycles. The van der Waals surface area contributed by atoms with Gasteiger partial charge in [-0.05, 0) is 52.1 Å². The van der Waals surface area contributed by atoms with Crippen LogP contribution >= 0.6 is 7.75 Å². The molecule has 0 aromatic carbocycles. The van der Waals surface area contributed by atoms with Crippen LogP contribution in [0.5, 0.6) is 0 Å². The molecule has 1 aliphatic heterocycles. The van der Waals surface area contributed by atoms with Crippen LogP contribution in [0.15, 0.2) is 0 Å². The van der Waals surface area contributed by atoms with E-state index in [1.165, 1.54) is 6.42 Å². The van der Waals surface area contributed by atoms with Crippen molar-refractivity contribution in [1.29, 1.82) is 0 Å². The Morgan fingerprint density at radius 3 is 1.56 bits per heavy atom. The maximum Gasteiger partial charge on any atom is 0.388 e. The molecule has 0 N–H and O–H groups in total. The van der Waals surface area contributed by atoms with Gasteiger partial charge in [0, 0.05) is 13.1 Å². The molecule has 108 valence electrons. The van der Waals surface area contributed by atoms with E-state index in [0.717, 1.165) is 25.9 Å². The second-order valence-electron chi connectivity index (χ2n) is 6.89. The fourth-order valence-electron chi connectivity index (χ4n) is 1.95. The van der Waals surface area contributed by atoms with Gasteiger partial charge in [-0.1, -0.05) is 6.42 Å². The van der Waals surface area contributed by atoms with Crippen molar-refractivity contribution in [2.75, 3.05) is 13.1 Å². The van der Waals surface area contributed by atoms with Crippen molar-refractivity contribution < 1.29 is 13.0 Å². The third-order valence-electron chi connectivity index (χ3n) is 2.46. The summed E-state index contributed by atoms with van der Waals surface area (Å²) in [6, 6.07) is 0. The molecule has 0 unspecified atom stereocenters. The van der Waals surface area contributed by atoms with Crippen LogP contribution in [0.3, 0.4) is 0 Å². The van der Waals surface area contributed by atoms with E-state index in [0.29, 0.717) is 0 Å². The summed E-state index contributed by atoms with van der Waals surface area (Å²) in [6.45, 7) is 14.1. The molecule has 0 amide bonds. The molecule has 1 heterocycles. The molecule has 18 heavy (non-hydrogen) atoms. The maximum absolute atomic E-state index is 13.2. The number of hydrogen-bond donors (Lipinski definition) is 0. The highest BCUT2D eigenvalue weighted by Crippen LogP contribution is 2.56. The average Bonchev–Trinajstić information content (AvgIpc) is 2.13. The molecule has 1 rings (SSSR count). The summed E-state index contributed by atoms with van der Waals surface area (Å²) in [4.78, 5) is 0. The quantitative estimate of drug-likeness (QED) is 0.561. The lowest BCUT2D eigenvalue weighted by Crippen LogP contribution is -2.38. The van der Waals surface area contributed by atoms with E-state index in [9.17, 15) is 4.57 Å². The zero-order chi connectivity index (χ0) is 14.0. The Bertz CT molecular complexity index is 299. The molecule has 1 saturated heterocycles. The number of piperidine rings is 1. The molecular formula is C11H28NO3PSi2. The molecule has 0 radical (unpaired) electrons. The number of rotatable bonds is 5. The first-order valence-electron chi connectivity index (χ1n) is 6.79. The van der Waals surface area contributed by atoms with Gasteiger partial charge >= 0.3 is 7.75 Å². The van der Waals surface area contributed by atoms with Crippen LogP contribution < -0.4 is 0 Å². The predicted molar refractivity (Wildman–Crippen MR) is 81.9 cm³/mol. The molecule has 0 bridgehead atoms. The van der Waals surface area contributed by atoms with Crippen molar-refractivity contribution in [2.45, 2.75) is 58.5 Å². The normalized spacial score (nSPS) is 20.1. The molecular weight excluding hydrogens is 281 g/mol. The van der Waals surface area contributed by atoms with Gasteiger partial charge in [-0.2, -0.15) is 0 Å². The molecule has 0 atom stereocenters. The molecule has 0 spiro atoms. The van der Waals surface area contributed by atoms with Gasteiger partial charge in [-0.25, -0.2) is 9.24 Å². The summed E-state index contributed by atoms with van der Waals surface area (Å²) in [6.07, 6.45) is 3.40. The molecule has 1 aliphatic rings. The van der Waals surface area contributed by atoms with E-state index in [-0.39, 0.29) is 0 Å². The van der Waals surface area contributed by atoms with E-state index in [1.54, 1.807) is 0 Å². The Balaban J connectivity index is 2.89. The minimum absolute atomic E-state index is 0.840. The lowest BCUT2D eigenvalue weighted by atomic mass is 10.2. The minimum atomic E-state index is -3.08. The van der Waals surface area contributed by atoms with Crippen LogP contribution in [0, 0.1) is 0 Å². The summed E-state index contributed by atoms with van der Waals surface area (Å²) in [7, 11) is -6.85. The molecule has 4 nitrogen and oxygen atoms in total. The summed E-state index contributed by atoms with van der Waals surface area (Å²) in [5, 5.41) is 0. The third-order valence-corrected chi connectivity index (χ3v) is 9.78. The van der Waals surface area contributed by atoms with Crippen molar-refractivity contribution in [1.82, 2.24) is 4.67 Å². The van der Waals surface area contributed by atoms with E-state index in [1.807, 2.05) is 4.67 Å². The van der Waals surface area contributed by atoms with Crippen LogP contribution in [0.2, 0.25) is 39.3 Å². The van der Waals surface area contributed by atoms with Crippen LogP contribution in [0.25, 0.3) is 0 Å². The van der Waals surface area contributed by atoms with Crippen molar-refractivity contribution in [3.63, 3.8) is 0 Å². The van der Waals surface area contributed by atoms with E-state index < -0.39 is 24.4 Å². The van der Waals surface area contributed by atoms with Crippen LogP contribution in [0.1, 0.15) is 19.3 Å². The SMILES string of the molecule is C[Si](C)(C)OP(=O)(O[Si](C)(C)C)N1CCCCC1. The molecule has 1 fully saturated rings. The Labute approximate surface area is 114 Å². The standard InChI is InChI=1S/C11H28NO3PSi2/c1-17(2,3)14-16(13,15-18(4,5)6)12-10-8-7-9-11-12/h7-11H2,1-6H3. The van der Waals surface area contributed by atoms with Gasteiger partial charge in [0.15, 0.2) is 16.6 Å². The summed E-state index contributed by atoms with van der Waals surface area (Å²) in [5.74, 6) is 0. The lowest BCUT2D eigenvalue weighted by Gasteiger charge is -2.39. The molecule has 0 aliphatic carbocycles. The number of hydrogen-bond acceptors (Lipinski definition) is 3. The van der Waals surface area contributed by atoms with Gasteiger partial charge in [0.1, 0.15) is 0 Å². The Morgan fingerprint density at radius 1 is 0.833 bits per heavy atom. The van der Waals surface area contributed by atoms with Gasteiger partial charge in [0.2, 0.25) is 0 Å². The smallest absolute Gasteiger partial charge is 0.340 e. The van der Waals surface area contributed by atoms with Crippen LogP contribution in [-0.4, -0.2) is 34.4 Å². The summed E-state index contributed by atoms with van der Waals surface area (Å²) < 4.78 is 27.1. The van der Waals surface area contributed by atoms with E-state index >= 15 is 0 Å². The molecule has 0 saturated carbocycles. The van der Waals surface area contributed by atoms with Gasteiger partial charge in [0.05, 0.1) is 0 Å². The second kappa shape index (κ2) is 5.89. The van der Waals surface area contributed by atoms with Gasteiger partial charge in [0.25, 0.3) is 0 Å². The van der Waals surface area contributed by atoms with Gasteiger partial charge in [-0.3, -0.25) is 0 Å². The summed E-state index contributed by atoms with van der Waals surface area (Å²) >= 11 is 0. The maximum atomic E-state index is 13.2. The zero-order valence-corrected chi connectivity index (χ0v) is 15.5. The summed E-state index contributed by atoms with van der Waals surface area (Å²) in [5.41, 5.74) is 0. The monoisotopic (exact) mass is 309 g/mol. The first-order valence-corrected chi connectivity index (χ1v) is 15.1. The Morgan fingerprint density at radius 2 is 1.22 bits per heavy atom. The first-order chi connectivity index (χ1) is 8.02. The minimum Gasteiger partial charge on any atom is -0.340 e. The average molecular weight is 309 g/mol.